The molecule has 1 aliphatic rings. The Morgan fingerprint density at radius 1 is 1.13 bits per heavy atom. The van der Waals surface area contributed by atoms with Crippen LogP contribution in [0.25, 0.3) is 11.8 Å². The molecule has 4 rings (SSSR count). The van der Waals surface area contributed by atoms with Gasteiger partial charge in [-0.15, -0.1) is 15.6 Å². The number of fused-ring (bicyclic) bond motifs is 3. The first-order valence-electron chi connectivity index (χ1n) is 7.45. The minimum atomic E-state index is 0.700. The Morgan fingerprint density at radius 2 is 2.00 bits per heavy atom. The van der Waals surface area contributed by atoms with Crippen LogP contribution in [0.4, 0.5) is 11.6 Å². The van der Waals surface area contributed by atoms with Gasteiger partial charge >= 0.3 is 0 Å². The maximum Gasteiger partial charge on any atom is 0.284 e. The lowest BCUT2D eigenvalue weighted by Crippen LogP contribution is -2.23. The molecule has 0 amide bonds. The van der Waals surface area contributed by atoms with E-state index in [9.17, 15) is 0 Å². The van der Waals surface area contributed by atoms with E-state index in [1.807, 2.05) is 39.7 Å². The number of allylic oxidation sites excluding steroid dienone is 1. The summed E-state index contributed by atoms with van der Waals surface area (Å²) in [4.78, 5) is 0. The van der Waals surface area contributed by atoms with Crippen molar-refractivity contribution in [2.75, 3.05) is 5.43 Å². The fourth-order valence-corrected chi connectivity index (χ4v) is 2.61. The van der Waals surface area contributed by atoms with E-state index in [1.54, 1.807) is 6.33 Å². The van der Waals surface area contributed by atoms with Crippen molar-refractivity contribution < 1.29 is 4.68 Å². The molecule has 0 spiro atoms. The van der Waals surface area contributed by atoms with Crippen LogP contribution in [0.1, 0.15) is 11.1 Å². The Hall–Kier alpha value is -3.21. The van der Waals surface area contributed by atoms with Gasteiger partial charge in [0.2, 0.25) is 6.21 Å². The number of aromatic nitrogens is 3. The topological polar surface area (TPSA) is 45.8 Å². The lowest BCUT2D eigenvalue weighted by atomic mass is 10.2. The first kappa shape index (κ1) is 13.5. The number of benzene rings is 2. The van der Waals surface area contributed by atoms with Crippen molar-refractivity contribution in [1.82, 2.24) is 14.8 Å². The van der Waals surface area contributed by atoms with Crippen LogP contribution in [0.2, 0.25) is 0 Å². The quantitative estimate of drug-likeness (QED) is 0.738. The normalized spacial score (nSPS) is 14.6. The number of hydrogen-bond acceptors (Lipinski definition) is 3. The number of aryl methyl sites for hydroxylation is 1. The largest absolute Gasteiger partial charge is 0.284 e. The fourth-order valence-electron chi connectivity index (χ4n) is 2.61. The Balaban J connectivity index is 1.74. The molecule has 1 aromatic heterocycles. The second-order valence-electron chi connectivity index (χ2n) is 5.42. The third-order valence-electron chi connectivity index (χ3n) is 3.74. The zero-order valence-corrected chi connectivity index (χ0v) is 12.7. The average molecular weight is 302 g/mol. The molecule has 1 N–H and O–H groups in total. The molecular weight excluding hydrogens is 286 g/mol. The van der Waals surface area contributed by atoms with Crippen molar-refractivity contribution in [1.29, 1.82) is 0 Å². The van der Waals surface area contributed by atoms with Crippen LogP contribution >= 0.6 is 0 Å². The minimum Gasteiger partial charge on any atom is -0.257 e. The maximum absolute atomic E-state index is 4.11. The second kappa shape index (κ2) is 5.53. The summed E-state index contributed by atoms with van der Waals surface area (Å²) >= 11 is 0. The van der Waals surface area contributed by atoms with Gasteiger partial charge in [-0.1, -0.05) is 41.1 Å². The third kappa shape index (κ3) is 2.53. The Bertz CT molecular complexity index is 906. The van der Waals surface area contributed by atoms with Crippen LogP contribution in [0.15, 0.2) is 60.9 Å². The molecule has 0 fully saturated rings. The van der Waals surface area contributed by atoms with Crippen LogP contribution < -0.4 is 5.43 Å². The molecule has 0 saturated heterocycles. The van der Waals surface area contributed by atoms with E-state index in [0.717, 1.165) is 16.9 Å². The highest BCUT2D eigenvalue weighted by atomic mass is 15.5. The molecule has 0 atom stereocenters. The van der Waals surface area contributed by atoms with Crippen LogP contribution in [0.5, 0.6) is 0 Å². The number of hydrogen-bond donors (Lipinski definition) is 1. The predicted octanol–water partition coefficient (Wildman–Crippen LogP) is 3.34. The first-order chi connectivity index (χ1) is 11.3. The summed E-state index contributed by atoms with van der Waals surface area (Å²) in [6.45, 7) is 2.08. The highest BCUT2D eigenvalue weighted by Crippen LogP contribution is 2.30. The zero-order valence-electron chi connectivity index (χ0n) is 12.7. The lowest BCUT2D eigenvalue weighted by molar-refractivity contribution is -0.401. The van der Waals surface area contributed by atoms with Crippen molar-refractivity contribution in [3.05, 3.63) is 72.1 Å². The fraction of sp³-hybridized carbons (Fsp3) is 0.0556. The summed E-state index contributed by atoms with van der Waals surface area (Å²) in [7, 11) is 0. The lowest BCUT2D eigenvalue weighted by Gasteiger charge is -2.15. The van der Waals surface area contributed by atoms with E-state index in [0.29, 0.717) is 5.95 Å². The van der Waals surface area contributed by atoms with E-state index < -0.39 is 0 Å². The molecule has 0 bridgehead atoms. The van der Waals surface area contributed by atoms with Gasteiger partial charge < -0.3 is 0 Å². The monoisotopic (exact) mass is 302 g/mol. The van der Waals surface area contributed by atoms with Crippen molar-refractivity contribution in [3.8, 4) is 5.69 Å². The molecule has 112 valence electrons. The van der Waals surface area contributed by atoms with E-state index in [1.165, 1.54) is 5.56 Å². The molecule has 0 aliphatic carbocycles. The molecule has 0 radical (unpaired) electrons. The summed E-state index contributed by atoms with van der Waals surface area (Å²) in [5, 5.41) is 8.09. The van der Waals surface area contributed by atoms with Gasteiger partial charge in [-0.05, 0) is 30.2 Å². The number of nitrogens with one attached hydrogen (secondary N) is 1. The second-order valence-corrected chi connectivity index (χ2v) is 5.42. The number of hydrazone groups is 1. The van der Waals surface area contributed by atoms with E-state index in [-0.39, 0.29) is 0 Å². The number of rotatable bonds is 2. The summed E-state index contributed by atoms with van der Waals surface area (Å²) in [6, 6.07) is 16.5. The van der Waals surface area contributed by atoms with Gasteiger partial charge in [-0.2, -0.15) is 0 Å². The molecule has 2 aromatic carbocycles. The molecule has 0 saturated carbocycles. The third-order valence-corrected chi connectivity index (χ3v) is 3.74. The van der Waals surface area contributed by atoms with Crippen molar-refractivity contribution in [3.63, 3.8) is 0 Å². The Morgan fingerprint density at radius 3 is 2.87 bits per heavy atom. The molecule has 1 aliphatic heterocycles. The number of nitrogens with zero attached hydrogens (tertiary/aromatic N) is 4. The Kier molecular flexibility index (Phi) is 3.24. The van der Waals surface area contributed by atoms with Gasteiger partial charge in [-0.25, -0.2) is 0 Å². The molecule has 2 heterocycles. The predicted molar refractivity (Wildman–Crippen MR) is 91.2 cm³/mol. The van der Waals surface area contributed by atoms with Crippen LogP contribution in [0, 0.1) is 6.92 Å². The van der Waals surface area contributed by atoms with E-state index >= 15 is 0 Å². The van der Waals surface area contributed by atoms with Crippen molar-refractivity contribution in [2.24, 2.45) is 0 Å². The standard InChI is InChI=1S/C18H16N5/c1-14-9-10-16-17(12-14)23(21-18-20-19-13-22(16)18)11-5-8-15-6-3-2-4-7-15/h2-13H,1H3,(H,20,21)/q+1/b8-5+,23-11-. The maximum atomic E-state index is 4.11. The zero-order chi connectivity index (χ0) is 15.6. The van der Waals surface area contributed by atoms with E-state index in [4.69, 9.17) is 0 Å². The smallest absolute Gasteiger partial charge is 0.257 e. The van der Waals surface area contributed by atoms with Gasteiger partial charge in [0.15, 0.2) is 0 Å². The molecule has 23 heavy (non-hydrogen) atoms. The number of hydrazine groups is 1. The van der Waals surface area contributed by atoms with Gasteiger partial charge in [-0.3, -0.25) is 4.57 Å². The van der Waals surface area contributed by atoms with Gasteiger partial charge in [0.1, 0.15) is 12.0 Å². The average Bonchev–Trinajstić information content (AvgIpc) is 3.04. The highest BCUT2D eigenvalue weighted by Gasteiger charge is 2.26. The summed E-state index contributed by atoms with van der Waals surface area (Å²) in [5.74, 6) is 0.700. The summed E-state index contributed by atoms with van der Waals surface area (Å²) < 4.78 is 3.91. The SMILES string of the molecule is Cc1ccc2c(c1)/[N+](=C/C=C/c1ccccc1)Nc1nncn1-2. The van der Waals surface area contributed by atoms with Gasteiger partial charge in [0, 0.05) is 12.1 Å². The van der Waals surface area contributed by atoms with E-state index in [2.05, 4.69) is 59.0 Å². The van der Waals surface area contributed by atoms with Crippen LogP contribution in [0.3, 0.4) is 0 Å². The highest BCUT2D eigenvalue weighted by molar-refractivity contribution is 5.77. The summed E-state index contributed by atoms with van der Waals surface area (Å²) in [5.41, 5.74) is 7.74. The molecule has 5 nitrogen and oxygen atoms in total. The summed E-state index contributed by atoms with van der Waals surface area (Å²) in [6.07, 6.45) is 7.79. The molecule has 0 unspecified atom stereocenters. The van der Waals surface area contributed by atoms with Gasteiger partial charge in [0.25, 0.3) is 11.6 Å². The van der Waals surface area contributed by atoms with Crippen LogP contribution in [-0.2, 0) is 0 Å². The molecule has 5 heteroatoms. The van der Waals surface area contributed by atoms with Crippen molar-refractivity contribution in [2.45, 2.75) is 6.92 Å². The van der Waals surface area contributed by atoms with Crippen LogP contribution in [-0.4, -0.2) is 25.7 Å². The Labute approximate surface area is 134 Å². The molecule has 3 aromatic rings. The van der Waals surface area contributed by atoms with Crippen molar-refractivity contribution >= 4 is 23.9 Å². The number of anilines is 1. The van der Waals surface area contributed by atoms with Gasteiger partial charge in [0.05, 0.1) is 0 Å². The minimum absolute atomic E-state index is 0.700. The molecular formula is C18H16N5+. The first-order valence-corrected chi connectivity index (χ1v) is 7.45.